The first kappa shape index (κ1) is 36.8. The van der Waals surface area contributed by atoms with Crippen molar-refractivity contribution in [3.05, 3.63) is 70.3 Å². The minimum absolute atomic E-state index is 0.0480. The summed E-state index contributed by atoms with van der Waals surface area (Å²) in [4.78, 5) is 47.7. The Kier molecular flexibility index (Phi) is 11.5. The Morgan fingerprint density at radius 3 is 1.88 bits per heavy atom. The standard InChI is InChI=1S/C38H48O10/c1-22(29-14-15-30-31(19-29)38(8,9)17-16-37(30,6)7)18-27-10-12-28(13-11-27)20-44-36-35(47-26(5)42)34(46-25(4)41)33(45-24(3)40)32(48-36)21-43-23(2)39/h10-15,18-19,32-36H,16-17,20-21H2,1-9H3/b22-18+/t32-,33-,34+,35-,36-/m1/s1. The van der Waals surface area contributed by atoms with Crippen LogP contribution in [-0.2, 0) is 65.0 Å². The Labute approximate surface area is 283 Å². The Morgan fingerprint density at radius 2 is 1.29 bits per heavy atom. The number of hydrogen-bond donors (Lipinski definition) is 0. The Bertz CT molecular complexity index is 1540. The fourth-order valence-corrected chi connectivity index (χ4v) is 6.38. The van der Waals surface area contributed by atoms with E-state index in [9.17, 15) is 19.2 Å². The molecular formula is C38H48O10. The molecule has 5 atom stereocenters. The first-order valence-electron chi connectivity index (χ1n) is 16.3. The second-order valence-corrected chi connectivity index (χ2v) is 14.0. The van der Waals surface area contributed by atoms with Gasteiger partial charge in [0.25, 0.3) is 0 Å². The van der Waals surface area contributed by atoms with Crippen LogP contribution in [0.5, 0.6) is 0 Å². The number of benzene rings is 2. The lowest BCUT2D eigenvalue weighted by atomic mass is 9.63. The maximum Gasteiger partial charge on any atom is 0.303 e. The maximum atomic E-state index is 12.1. The minimum atomic E-state index is -1.29. The van der Waals surface area contributed by atoms with Gasteiger partial charge >= 0.3 is 23.9 Å². The van der Waals surface area contributed by atoms with Crippen LogP contribution in [0.1, 0.15) is 103 Å². The van der Waals surface area contributed by atoms with Gasteiger partial charge in [-0.05, 0) is 64.0 Å². The SMILES string of the molecule is CC(=O)OC[C@H]1O[C@@H](OCc2ccc(/C=C(\C)c3ccc4c(c3)C(C)(C)CCC4(C)C)cc2)[C@H](OC(C)=O)[C@@H](OC(C)=O)[C@@H]1OC(C)=O. The van der Waals surface area contributed by atoms with Crippen LogP contribution in [0.15, 0.2) is 42.5 Å². The zero-order valence-electron chi connectivity index (χ0n) is 29.4. The Morgan fingerprint density at radius 1 is 0.729 bits per heavy atom. The Hall–Kier alpha value is -4.02. The lowest BCUT2D eigenvalue weighted by Gasteiger charge is -2.44. The molecule has 48 heavy (non-hydrogen) atoms. The van der Waals surface area contributed by atoms with Crippen LogP contribution in [0, 0.1) is 0 Å². The van der Waals surface area contributed by atoms with E-state index in [0.717, 1.165) is 23.1 Å². The number of ether oxygens (including phenoxy) is 6. The molecule has 260 valence electrons. The summed E-state index contributed by atoms with van der Waals surface area (Å²) in [7, 11) is 0. The summed E-state index contributed by atoms with van der Waals surface area (Å²) in [5.41, 5.74) is 7.29. The lowest BCUT2D eigenvalue weighted by molar-refractivity contribution is -0.310. The van der Waals surface area contributed by atoms with Crippen molar-refractivity contribution >= 4 is 35.5 Å². The van der Waals surface area contributed by atoms with E-state index in [1.807, 2.05) is 24.3 Å². The van der Waals surface area contributed by atoms with Crippen LogP contribution in [0.3, 0.4) is 0 Å². The number of carbonyl (C=O) groups is 4. The average molecular weight is 665 g/mol. The zero-order valence-corrected chi connectivity index (χ0v) is 29.4. The van der Waals surface area contributed by atoms with Crippen molar-refractivity contribution in [3.8, 4) is 0 Å². The maximum absolute atomic E-state index is 12.1. The molecule has 10 nitrogen and oxygen atoms in total. The van der Waals surface area contributed by atoms with Crippen molar-refractivity contribution in [2.45, 2.75) is 123 Å². The quantitative estimate of drug-likeness (QED) is 0.165. The molecule has 1 heterocycles. The molecule has 0 bridgehead atoms. The number of fused-ring (bicyclic) bond motifs is 1. The highest BCUT2D eigenvalue weighted by Gasteiger charge is 2.52. The molecule has 1 saturated heterocycles. The largest absolute Gasteiger partial charge is 0.463 e. The number of carbonyl (C=O) groups excluding carboxylic acids is 4. The van der Waals surface area contributed by atoms with E-state index in [4.69, 9.17) is 28.4 Å². The summed E-state index contributed by atoms with van der Waals surface area (Å²) in [6, 6.07) is 14.7. The second-order valence-electron chi connectivity index (χ2n) is 14.0. The van der Waals surface area contributed by atoms with Crippen LogP contribution in [-0.4, -0.2) is 61.2 Å². The van der Waals surface area contributed by atoms with Crippen LogP contribution in [0.2, 0.25) is 0 Å². The van der Waals surface area contributed by atoms with Crippen molar-refractivity contribution in [1.82, 2.24) is 0 Å². The molecule has 1 aliphatic carbocycles. The predicted molar refractivity (Wildman–Crippen MR) is 178 cm³/mol. The predicted octanol–water partition coefficient (Wildman–Crippen LogP) is 6.20. The first-order chi connectivity index (χ1) is 22.5. The summed E-state index contributed by atoms with van der Waals surface area (Å²) in [5, 5.41) is 0. The van der Waals surface area contributed by atoms with Gasteiger partial charge in [0, 0.05) is 27.7 Å². The number of allylic oxidation sites excluding steroid dienone is 1. The van der Waals surface area contributed by atoms with Gasteiger partial charge in [-0.15, -0.1) is 0 Å². The van der Waals surface area contributed by atoms with Crippen LogP contribution in [0.4, 0.5) is 0 Å². The van der Waals surface area contributed by atoms with Crippen molar-refractivity contribution < 1.29 is 47.6 Å². The van der Waals surface area contributed by atoms with Gasteiger partial charge < -0.3 is 28.4 Å². The van der Waals surface area contributed by atoms with E-state index in [0.29, 0.717) is 0 Å². The van der Waals surface area contributed by atoms with E-state index in [-0.39, 0.29) is 24.0 Å². The fourth-order valence-electron chi connectivity index (χ4n) is 6.38. The number of esters is 4. The van der Waals surface area contributed by atoms with Crippen LogP contribution in [0.25, 0.3) is 11.6 Å². The molecule has 0 unspecified atom stereocenters. The Balaban J connectivity index is 1.53. The summed E-state index contributed by atoms with van der Waals surface area (Å²) < 4.78 is 33.6. The molecule has 4 rings (SSSR count). The molecular weight excluding hydrogens is 616 g/mol. The fraction of sp³-hybridized carbons (Fsp3) is 0.526. The van der Waals surface area contributed by atoms with Crippen LogP contribution >= 0.6 is 0 Å². The van der Waals surface area contributed by atoms with Gasteiger partial charge in [-0.3, -0.25) is 19.2 Å². The minimum Gasteiger partial charge on any atom is -0.463 e. The third kappa shape index (κ3) is 9.11. The van der Waals surface area contributed by atoms with E-state index < -0.39 is 54.6 Å². The molecule has 1 aliphatic heterocycles. The van der Waals surface area contributed by atoms with Gasteiger partial charge in [-0.2, -0.15) is 0 Å². The molecule has 0 N–H and O–H groups in total. The van der Waals surface area contributed by atoms with E-state index in [1.54, 1.807) is 0 Å². The molecule has 0 aromatic heterocycles. The van der Waals surface area contributed by atoms with Gasteiger partial charge in [0.2, 0.25) is 0 Å². The summed E-state index contributed by atoms with van der Waals surface area (Å²) in [5.74, 6) is -2.68. The molecule has 1 fully saturated rings. The molecule has 0 saturated carbocycles. The normalized spacial score (nSPS) is 24.5. The van der Waals surface area contributed by atoms with E-state index >= 15 is 0 Å². The summed E-state index contributed by atoms with van der Waals surface area (Å²) in [6.07, 6.45) is -1.65. The zero-order chi connectivity index (χ0) is 35.4. The molecule has 10 heteroatoms. The molecule has 0 radical (unpaired) electrons. The lowest BCUT2D eigenvalue weighted by Crippen LogP contribution is -2.62. The molecule has 0 amide bonds. The van der Waals surface area contributed by atoms with Crippen molar-refractivity contribution in [3.63, 3.8) is 0 Å². The topological polar surface area (TPSA) is 124 Å². The third-order valence-electron chi connectivity index (χ3n) is 9.03. The smallest absolute Gasteiger partial charge is 0.303 e. The third-order valence-corrected chi connectivity index (χ3v) is 9.03. The molecule has 2 aromatic carbocycles. The second kappa shape index (κ2) is 15.0. The van der Waals surface area contributed by atoms with Gasteiger partial charge in [-0.25, -0.2) is 0 Å². The number of hydrogen-bond acceptors (Lipinski definition) is 10. The number of rotatable bonds is 10. The van der Waals surface area contributed by atoms with E-state index in [2.05, 4.69) is 58.9 Å². The van der Waals surface area contributed by atoms with Gasteiger partial charge in [0.15, 0.2) is 24.6 Å². The van der Waals surface area contributed by atoms with Gasteiger partial charge in [-0.1, -0.05) is 76.2 Å². The van der Waals surface area contributed by atoms with Gasteiger partial charge in [0.1, 0.15) is 12.7 Å². The first-order valence-corrected chi connectivity index (χ1v) is 16.3. The van der Waals surface area contributed by atoms with Crippen molar-refractivity contribution in [2.24, 2.45) is 0 Å². The molecule has 2 aromatic rings. The highest BCUT2D eigenvalue weighted by atomic mass is 16.7. The molecule has 0 spiro atoms. The van der Waals surface area contributed by atoms with Crippen molar-refractivity contribution in [1.29, 1.82) is 0 Å². The highest BCUT2D eigenvalue weighted by Crippen LogP contribution is 2.46. The average Bonchev–Trinajstić information content (AvgIpc) is 3.00. The molecule has 2 aliphatic rings. The van der Waals surface area contributed by atoms with Crippen molar-refractivity contribution in [2.75, 3.05) is 6.61 Å². The monoisotopic (exact) mass is 664 g/mol. The summed E-state index contributed by atoms with van der Waals surface area (Å²) in [6.45, 7) is 15.9. The van der Waals surface area contributed by atoms with Gasteiger partial charge in [0.05, 0.1) is 6.61 Å². The van der Waals surface area contributed by atoms with Crippen LogP contribution < -0.4 is 0 Å². The van der Waals surface area contributed by atoms with E-state index in [1.165, 1.54) is 50.8 Å². The summed E-state index contributed by atoms with van der Waals surface area (Å²) >= 11 is 0. The highest BCUT2D eigenvalue weighted by molar-refractivity contribution is 5.81.